The van der Waals surface area contributed by atoms with E-state index in [0.29, 0.717) is 5.41 Å². The molecule has 1 aromatic heterocycles. The first-order valence-electron chi connectivity index (χ1n) is 8.94. The third-order valence-electron chi connectivity index (χ3n) is 5.83. The summed E-state index contributed by atoms with van der Waals surface area (Å²) in [6.45, 7) is 7.99. The molecule has 24 heavy (non-hydrogen) atoms. The lowest BCUT2D eigenvalue weighted by atomic mass is 9.78. The first-order chi connectivity index (χ1) is 11.6. The average molecular weight is 323 g/mol. The number of pyridine rings is 1. The van der Waals surface area contributed by atoms with Crippen molar-refractivity contribution in [1.29, 1.82) is 0 Å². The van der Waals surface area contributed by atoms with Crippen molar-refractivity contribution in [3.8, 4) is 0 Å². The minimum Gasteiger partial charge on any atom is -0.339 e. The molecule has 0 unspecified atom stereocenters. The molecule has 1 spiro atoms. The number of piperidine rings is 1. The number of carbonyl (C=O) groups excluding carboxylic acids is 1. The van der Waals surface area contributed by atoms with Crippen LogP contribution in [0.4, 0.5) is 0 Å². The quantitative estimate of drug-likeness (QED) is 0.877. The Morgan fingerprint density at radius 2 is 1.96 bits per heavy atom. The summed E-state index contributed by atoms with van der Waals surface area (Å²) in [5, 5.41) is 4.53. The van der Waals surface area contributed by atoms with E-state index in [1.165, 1.54) is 12.0 Å². The van der Waals surface area contributed by atoms with Gasteiger partial charge >= 0.3 is 0 Å². The topological polar surface area (TPSA) is 45.2 Å². The molecule has 4 heteroatoms. The van der Waals surface area contributed by atoms with Crippen LogP contribution in [0, 0.1) is 19.3 Å². The van der Waals surface area contributed by atoms with Gasteiger partial charge in [0.25, 0.3) is 5.91 Å². The predicted octanol–water partition coefficient (Wildman–Crippen LogP) is 3.07. The lowest BCUT2D eigenvalue weighted by Crippen LogP contribution is -2.44. The fourth-order valence-corrected chi connectivity index (χ4v) is 4.19. The smallest absolute Gasteiger partial charge is 0.255 e. The van der Waals surface area contributed by atoms with E-state index in [1.807, 2.05) is 24.0 Å². The monoisotopic (exact) mass is 323 g/mol. The van der Waals surface area contributed by atoms with Gasteiger partial charge in [-0.05, 0) is 63.3 Å². The highest BCUT2D eigenvalue weighted by Gasteiger charge is 2.38. The zero-order chi connectivity index (χ0) is 16.7. The third kappa shape index (κ3) is 2.69. The number of rotatable bonds is 1. The van der Waals surface area contributed by atoms with Crippen molar-refractivity contribution in [3.63, 3.8) is 0 Å². The number of benzene rings is 1. The first-order valence-corrected chi connectivity index (χ1v) is 8.94. The Hall–Kier alpha value is -1.94. The molecule has 4 nitrogen and oxygen atoms in total. The number of likely N-dealkylation sites (tertiary alicyclic amines) is 1. The minimum absolute atomic E-state index is 0.143. The van der Waals surface area contributed by atoms with E-state index in [2.05, 4.69) is 29.4 Å². The molecule has 4 rings (SSSR count). The number of hydrogen-bond acceptors (Lipinski definition) is 3. The third-order valence-corrected chi connectivity index (χ3v) is 5.83. The standard InChI is InChI=1S/C20H25N3O/c1-14-3-4-18-16(11-14)12-17(15(2)22-18)19(24)23-9-6-20(7-10-23)5-8-21-13-20/h3-4,11-12,21H,5-10,13H2,1-2H3. The van der Waals surface area contributed by atoms with Crippen LogP contribution in [0.1, 0.15) is 40.9 Å². The van der Waals surface area contributed by atoms with Gasteiger partial charge < -0.3 is 10.2 Å². The van der Waals surface area contributed by atoms with Crippen molar-refractivity contribution in [2.45, 2.75) is 33.1 Å². The molecule has 2 aliphatic rings. The Morgan fingerprint density at radius 1 is 1.17 bits per heavy atom. The Labute approximate surface area is 143 Å². The van der Waals surface area contributed by atoms with Crippen LogP contribution in [0.15, 0.2) is 24.3 Å². The number of amides is 1. The van der Waals surface area contributed by atoms with E-state index in [0.717, 1.165) is 61.2 Å². The number of fused-ring (bicyclic) bond motifs is 1. The lowest BCUT2D eigenvalue weighted by Gasteiger charge is -2.39. The second kappa shape index (κ2) is 5.85. The molecule has 126 valence electrons. The summed E-state index contributed by atoms with van der Waals surface area (Å²) < 4.78 is 0. The number of nitrogens with zero attached hydrogens (tertiary/aromatic N) is 2. The van der Waals surface area contributed by atoms with Crippen LogP contribution in [0.5, 0.6) is 0 Å². The molecule has 1 amide bonds. The van der Waals surface area contributed by atoms with Crippen LogP contribution in [0.25, 0.3) is 10.9 Å². The highest BCUT2D eigenvalue weighted by atomic mass is 16.2. The highest BCUT2D eigenvalue weighted by Crippen LogP contribution is 2.37. The summed E-state index contributed by atoms with van der Waals surface area (Å²) in [5.41, 5.74) is 4.18. The first kappa shape index (κ1) is 15.6. The zero-order valence-corrected chi connectivity index (χ0v) is 14.6. The van der Waals surface area contributed by atoms with E-state index in [4.69, 9.17) is 0 Å². The van der Waals surface area contributed by atoms with E-state index >= 15 is 0 Å². The second-order valence-corrected chi connectivity index (χ2v) is 7.54. The molecule has 2 aromatic rings. The molecule has 1 N–H and O–H groups in total. The fraction of sp³-hybridized carbons (Fsp3) is 0.500. The molecule has 2 fully saturated rings. The van der Waals surface area contributed by atoms with Crippen LogP contribution in [0.2, 0.25) is 0 Å². The molecule has 0 bridgehead atoms. The molecule has 2 saturated heterocycles. The van der Waals surface area contributed by atoms with Crippen LogP contribution in [-0.4, -0.2) is 42.0 Å². The van der Waals surface area contributed by atoms with Gasteiger partial charge in [0.15, 0.2) is 0 Å². The van der Waals surface area contributed by atoms with Gasteiger partial charge in [-0.2, -0.15) is 0 Å². The molecule has 2 aliphatic heterocycles. The van der Waals surface area contributed by atoms with Crippen molar-refractivity contribution < 1.29 is 4.79 Å². The normalized spacial score (nSPS) is 20.0. The van der Waals surface area contributed by atoms with Crippen molar-refractivity contribution in [2.24, 2.45) is 5.41 Å². The molecule has 0 saturated carbocycles. The Kier molecular flexibility index (Phi) is 3.80. The Bertz CT molecular complexity index is 783. The van der Waals surface area contributed by atoms with Crippen LogP contribution < -0.4 is 5.32 Å². The van der Waals surface area contributed by atoms with E-state index < -0.39 is 0 Å². The molecule has 1 aromatic carbocycles. The maximum absolute atomic E-state index is 13.0. The zero-order valence-electron chi connectivity index (χ0n) is 14.6. The molecule has 0 atom stereocenters. The average Bonchev–Trinajstić information content (AvgIpc) is 3.03. The fourth-order valence-electron chi connectivity index (χ4n) is 4.19. The molecular formula is C20H25N3O. The van der Waals surface area contributed by atoms with Crippen molar-refractivity contribution >= 4 is 16.8 Å². The number of nitrogens with one attached hydrogen (secondary N) is 1. The van der Waals surface area contributed by atoms with E-state index in [1.54, 1.807) is 0 Å². The summed E-state index contributed by atoms with van der Waals surface area (Å²) >= 11 is 0. The van der Waals surface area contributed by atoms with Gasteiger partial charge in [-0.15, -0.1) is 0 Å². The van der Waals surface area contributed by atoms with E-state index in [-0.39, 0.29) is 5.91 Å². The number of aryl methyl sites for hydroxylation is 2. The summed E-state index contributed by atoms with van der Waals surface area (Å²) in [4.78, 5) is 19.7. The maximum atomic E-state index is 13.0. The molecule has 0 aliphatic carbocycles. The second-order valence-electron chi connectivity index (χ2n) is 7.54. The number of aromatic nitrogens is 1. The van der Waals surface area contributed by atoms with Crippen LogP contribution >= 0.6 is 0 Å². The van der Waals surface area contributed by atoms with Gasteiger partial charge in [0, 0.05) is 25.0 Å². The van der Waals surface area contributed by atoms with Gasteiger partial charge in [-0.1, -0.05) is 11.6 Å². The van der Waals surface area contributed by atoms with Crippen LogP contribution in [-0.2, 0) is 0 Å². The predicted molar refractivity (Wildman–Crippen MR) is 96.3 cm³/mol. The maximum Gasteiger partial charge on any atom is 0.255 e. The van der Waals surface area contributed by atoms with Gasteiger partial charge in [-0.25, -0.2) is 0 Å². The van der Waals surface area contributed by atoms with Gasteiger partial charge in [-0.3, -0.25) is 9.78 Å². The summed E-state index contributed by atoms with van der Waals surface area (Å²) in [5.74, 6) is 0.143. The summed E-state index contributed by atoms with van der Waals surface area (Å²) in [6, 6.07) is 8.22. The largest absolute Gasteiger partial charge is 0.339 e. The van der Waals surface area contributed by atoms with Crippen molar-refractivity contribution in [2.75, 3.05) is 26.2 Å². The number of carbonyl (C=O) groups is 1. The Morgan fingerprint density at radius 3 is 2.67 bits per heavy atom. The summed E-state index contributed by atoms with van der Waals surface area (Å²) in [6.07, 6.45) is 3.49. The molecule has 0 radical (unpaired) electrons. The van der Waals surface area contributed by atoms with Gasteiger partial charge in [0.1, 0.15) is 0 Å². The minimum atomic E-state index is 0.143. The molecular weight excluding hydrogens is 298 g/mol. The van der Waals surface area contributed by atoms with Gasteiger partial charge in [0.05, 0.1) is 16.8 Å². The SMILES string of the molecule is Cc1ccc2nc(C)c(C(=O)N3CCC4(CCNC4)CC3)cc2c1. The summed E-state index contributed by atoms with van der Waals surface area (Å²) in [7, 11) is 0. The van der Waals surface area contributed by atoms with Crippen LogP contribution in [0.3, 0.4) is 0 Å². The Balaban J connectivity index is 1.58. The lowest BCUT2D eigenvalue weighted by molar-refractivity contribution is 0.0606. The number of hydrogen-bond donors (Lipinski definition) is 1. The van der Waals surface area contributed by atoms with Crippen molar-refractivity contribution in [3.05, 3.63) is 41.1 Å². The van der Waals surface area contributed by atoms with Crippen molar-refractivity contribution in [1.82, 2.24) is 15.2 Å². The molecule has 3 heterocycles. The highest BCUT2D eigenvalue weighted by molar-refractivity contribution is 5.98. The van der Waals surface area contributed by atoms with Gasteiger partial charge in [0.2, 0.25) is 0 Å². The van der Waals surface area contributed by atoms with E-state index in [9.17, 15) is 4.79 Å².